The third kappa shape index (κ3) is 4.11. The number of fused-ring (bicyclic) bond motifs is 1. The zero-order chi connectivity index (χ0) is 18.6. The lowest BCUT2D eigenvalue weighted by molar-refractivity contribution is -0.882. The summed E-state index contributed by atoms with van der Waals surface area (Å²) in [7, 11) is 0. The van der Waals surface area contributed by atoms with Gasteiger partial charge in [-0.2, -0.15) is 0 Å². The highest BCUT2D eigenvalue weighted by Crippen LogP contribution is 2.41. The molecule has 1 unspecified atom stereocenters. The van der Waals surface area contributed by atoms with E-state index in [2.05, 4.69) is 0 Å². The third-order valence-electron chi connectivity index (χ3n) is 5.30. The van der Waals surface area contributed by atoms with Gasteiger partial charge >= 0.3 is 11.9 Å². The summed E-state index contributed by atoms with van der Waals surface area (Å²) >= 11 is 0. The Kier molecular flexibility index (Phi) is 6.37. The Balaban J connectivity index is 2.03. The number of nitrogens with zero attached hydrogens (tertiary/aromatic N) is 1. The van der Waals surface area contributed by atoms with Crippen molar-refractivity contribution in [1.82, 2.24) is 0 Å². The molecule has 1 N–H and O–H groups in total. The summed E-state index contributed by atoms with van der Waals surface area (Å²) in [5, 5.41) is 22.0. The van der Waals surface area contributed by atoms with Gasteiger partial charge in [0, 0.05) is 18.4 Å². The van der Waals surface area contributed by atoms with Crippen molar-refractivity contribution in [1.29, 1.82) is 0 Å². The Bertz CT molecular complexity index is 584. The molecule has 0 aromatic heterocycles. The molecule has 0 radical (unpaired) electrons. The number of quaternary nitrogens is 1. The van der Waals surface area contributed by atoms with Gasteiger partial charge in [0.2, 0.25) is 0 Å². The van der Waals surface area contributed by atoms with E-state index in [0.717, 1.165) is 0 Å². The standard InChI is InChI=1S/C18H27NO6/c1-4-12(3)17(21)25-15-7-9-19(23)8-6-14(16(15)19)11-24-18(22)13(5-2)10-20/h4-5,14-16,20H,6-11H2,1-3H3/b12-4-,13-5-/t14-,15+,16+,19?/m0/s1. The summed E-state index contributed by atoms with van der Waals surface area (Å²) in [5.74, 6) is -1.12. The van der Waals surface area contributed by atoms with Crippen molar-refractivity contribution in [3.63, 3.8) is 0 Å². The maximum absolute atomic E-state index is 12.9. The number of hydroxylamine groups is 3. The molecule has 0 spiro atoms. The molecule has 4 atom stereocenters. The van der Waals surface area contributed by atoms with Crippen LogP contribution in [0.3, 0.4) is 0 Å². The van der Waals surface area contributed by atoms with Crippen molar-refractivity contribution in [2.24, 2.45) is 5.92 Å². The molecule has 0 bridgehead atoms. The summed E-state index contributed by atoms with van der Waals surface area (Å²) < 4.78 is 10.4. The summed E-state index contributed by atoms with van der Waals surface area (Å²) in [6, 6.07) is -0.399. The summed E-state index contributed by atoms with van der Waals surface area (Å²) in [6.07, 6.45) is 3.88. The first-order valence-corrected chi connectivity index (χ1v) is 8.71. The van der Waals surface area contributed by atoms with Crippen LogP contribution in [0.25, 0.3) is 0 Å². The Morgan fingerprint density at radius 1 is 1.20 bits per heavy atom. The van der Waals surface area contributed by atoms with Crippen molar-refractivity contribution in [3.05, 3.63) is 28.5 Å². The Labute approximate surface area is 148 Å². The smallest absolute Gasteiger partial charge is 0.336 e. The number of hydrogen-bond donors (Lipinski definition) is 1. The summed E-state index contributed by atoms with van der Waals surface area (Å²) in [6.45, 7) is 5.67. The van der Waals surface area contributed by atoms with E-state index in [1.165, 1.54) is 6.08 Å². The topological polar surface area (TPSA) is 95.9 Å². The number of rotatable bonds is 6. The van der Waals surface area contributed by atoms with Crippen molar-refractivity contribution >= 4 is 11.9 Å². The predicted octanol–water partition coefficient (Wildman–Crippen LogP) is 1.45. The fraction of sp³-hybridized carbons (Fsp3) is 0.667. The van der Waals surface area contributed by atoms with Gasteiger partial charge in [0.15, 0.2) is 6.10 Å². The van der Waals surface area contributed by atoms with Crippen molar-refractivity contribution in [2.75, 3.05) is 26.3 Å². The van der Waals surface area contributed by atoms with E-state index >= 15 is 0 Å². The van der Waals surface area contributed by atoms with Crippen LogP contribution in [-0.4, -0.2) is 60.1 Å². The first-order valence-electron chi connectivity index (χ1n) is 8.71. The molecule has 0 aliphatic carbocycles. The molecule has 0 aromatic carbocycles. The fourth-order valence-electron chi connectivity index (χ4n) is 3.68. The molecule has 7 nitrogen and oxygen atoms in total. The van der Waals surface area contributed by atoms with Gasteiger partial charge in [-0.15, -0.1) is 0 Å². The SMILES string of the molecule is C/C=C(/C)C(=O)O[C@@H]1CC[N+]2([O-])CC[C@@H](COC(=O)/C(=C\C)CO)[C@H]12. The Morgan fingerprint density at radius 2 is 1.88 bits per heavy atom. The van der Waals surface area contributed by atoms with Gasteiger partial charge in [0.25, 0.3) is 0 Å². The number of ether oxygens (including phenoxy) is 2. The van der Waals surface area contributed by atoms with Crippen LogP contribution >= 0.6 is 0 Å². The zero-order valence-electron chi connectivity index (χ0n) is 15.1. The highest BCUT2D eigenvalue weighted by Gasteiger charge is 2.54. The van der Waals surface area contributed by atoms with Crippen LogP contribution in [0.4, 0.5) is 0 Å². The van der Waals surface area contributed by atoms with Gasteiger partial charge in [-0.1, -0.05) is 12.2 Å². The maximum atomic E-state index is 12.9. The average molecular weight is 353 g/mol. The van der Waals surface area contributed by atoms with E-state index in [0.29, 0.717) is 31.5 Å². The highest BCUT2D eigenvalue weighted by atomic mass is 16.6. The minimum atomic E-state index is -0.572. The van der Waals surface area contributed by atoms with Crippen LogP contribution in [0.1, 0.15) is 33.6 Å². The second kappa shape index (κ2) is 8.12. The number of carbonyl (C=O) groups is 2. The second-order valence-electron chi connectivity index (χ2n) is 6.71. The van der Waals surface area contributed by atoms with Crippen molar-refractivity contribution in [2.45, 2.75) is 45.8 Å². The molecule has 25 heavy (non-hydrogen) atoms. The molecule has 2 aliphatic heterocycles. The molecule has 140 valence electrons. The molecule has 0 saturated carbocycles. The van der Waals surface area contributed by atoms with Crippen molar-refractivity contribution in [3.8, 4) is 0 Å². The van der Waals surface area contributed by atoms with Gasteiger partial charge in [0.05, 0.1) is 31.2 Å². The van der Waals surface area contributed by atoms with Gasteiger partial charge < -0.3 is 24.4 Å². The first-order chi connectivity index (χ1) is 11.9. The van der Waals surface area contributed by atoms with E-state index < -0.39 is 24.1 Å². The lowest BCUT2D eigenvalue weighted by Crippen LogP contribution is -2.48. The van der Waals surface area contributed by atoms with Crippen LogP contribution in [-0.2, 0) is 19.1 Å². The van der Waals surface area contributed by atoms with Crippen LogP contribution in [0, 0.1) is 11.1 Å². The molecular formula is C18H27NO6. The van der Waals surface area contributed by atoms with Crippen LogP contribution in [0.5, 0.6) is 0 Å². The van der Waals surface area contributed by atoms with E-state index in [1.54, 1.807) is 26.8 Å². The minimum Gasteiger partial charge on any atom is -0.632 e. The van der Waals surface area contributed by atoms with E-state index in [-0.39, 0.29) is 29.4 Å². The first kappa shape index (κ1) is 19.6. The molecule has 2 rings (SSSR count). The largest absolute Gasteiger partial charge is 0.632 e. The molecule has 2 aliphatic rings. The zero-order valence-corrected chi connectivity index (χ0v) is 15.1. The number of esters is 2. The lowest BCUT2D eigenvalue weighted by Gasteiger charge is -2.40. The number of carbonyl (C=O) groups excluding carboxylic acids is 2. The third-order valence-corrected chi connectivity index (χ3v) is 5.30. The normalized spacial score (nSPS) is 32.4. The Hall–Kier alpha value is -1.70. The second-order valence-corrected chi connectivity index (χ2v) is 6.71. The molecule has 2 heterocycles. The van der Waals surface area contributed by atoms with Gasteiger partial charge in [-0.3, -0.25) is 0 Å². The number of aliphatic hydroxyl groups is 1. The Morgan fingerprint density at radius 3 is 2.48 bits per heavy atom. The number of aliphatic hydroxyl groups excluding tert-OH is 1. The predicted molar refractivity (Wildman–Crippen MR) is 91.0 cm³/mol. The number of allylic oxidation sites excluding steroid dienone is 2. The molecular weight excluding hydrogens is 326 g/mol. The average Bonchev–Trinajstić information content (AvgIpc) is 3.09. The van der Waals surface area contributed by atoms with E-state index in [4.69, 9.17) is 14.6 Å². The summed E-state index contributed by atoms with van der Waals surface area (Å²) in [4.78, 5) is 23.9. The molecule has 2 fully saturated rings. The minimum absolute atomic E-state index is 0.0970. The lowest BCUT2D eigenvalue weighted by atomic mass is 9.97. The monoisotopic (exact) mass is 353 g/mol. The molecule has 0 amide bonds. The van der Waals surface area contributed by atoms with Crippen LogP contribution in [0.15, 0.2) is 23.3 Å². The highest BCUT2D eigenvalue weighted by molar-refractivity contribution is 5.88. The van der Waals surface area contributed by atoms with Gasteiger partial charge in [-0.25, -0.2) is 9.59 Å². The quantitative estimate of drug-likeness (QED) is 0.336. The van der Waals surface area contributed by atoms with Crippen LogP contribution in [0.2, 0.25) is 0 Å². The molecule has 7 heteroatoms. The van der Waals surface area contributed by atoms with Gasteiger partial charge in [0.1, 0.15) is 12.6 Å². The number of hydrogen-bond acceptors (Lipinski definition) is 6. The van der Waals surface area contributed by atoms with E-state index in [1.807, 2.05) is 0 Å². The summed E-state index contributed by atoms with van der Waals surface area (Å²) in [5.41, 5.74) is 0.705. The fourth-order valence-corrected chi connectivity index (χ4v) is 3.68. The van der Waals surface area contributed by atoms with Crippen molar-refractivity contribution < 1.29 is 28.8 Å². The molecule has 2 saturated heterocycles. The van der Waals surface area contributed by atoms with Gasteiger partial charge in [-0.05, 0) is 20.8 Å². The van der Waals surface area contributed by atoms with Crippen LogP contribution < -0.4 is 0 Å². The molecule has 0 aromatic rings. The van der Waals surface area contributed by atoms with E-state index in [9.17, 15) is 14.8 Å². The maximum Gasteiger partial charge on any atom is 0.336 e.